The second-order valence-electron chi connectivity index (χ2n) is 27.4. The van der Waals surface area contributed by atoms with Gasteiger partial charge in [-0.1, -0.05) is 145 Å². The predicted octanol–water partition coefficient (Wildman–Crippen LogP) is 16.5. The molecule has 0 aliphatic carbocycles. The van der Waals surface area contributed by atoms with E-state index in [0.717, 1.165) is 99.9 Å². The van der Waals surface area contributed by atoms with Crippen molar-refractivity contribution in [1.29, 1.82) is 0 Å². The molecule has 0 saturated carbocycles. The van der Waals surface area contributed by atoms with Gasteiger partial charge < -0.3 is 56.2 Å². The van der Waals surface area contributed by atoms with Gasteiger partial charge in [-0.05, 0) is 181 Å². The van der Waals surface area contributed by atoms with Gasteiger partial charge in [0.05, 0.1) is 26.4 Å². The molecule has 8 heterocycles. The van der Waals surface area contributed by atoms with Gasteiger partial charge in [-0.25, -0.2) is 19.9 Å². The van der Waals surface area contributed by atoms with Gasteiger partial charge in [0.2, 0.25) is 23.6 Å². The molecule has 0 radical (unpaired) electrons. The quantitative estimate of drug-likeness (QED) is 0.0652. The molecule has 0 atom stereocenters. The van der Waals surface area contributed by atoms with Crippen LogP contribution < -0.4 is 19.6 Å². The summed E-state index contributed by atoms with van der Waals surface area (Å²) in [6.07, 6.45) is 4.57. The van der Waals surface area contributed by atoms with E-state index in [-0.39, 0.29) is 76.5 Å². The maximum atomic E-state index is 12.5. The molecule has 0 N–H and O–H groups in total. The molecule has 4 aliphatic rings. The Labute approximate surface area is 635 Å². The van der Waals surface area contributed by atoms with Gasteiger partial charge in [0, 0.05) is 71.2 Å². The molecule has 0 spiro atoms. The van der Waals surface area contributed by atoms with E-state index in [9.17, 15) is 19.2 Å². The highest BCUT2D eigenvalue weighted by atomic mass is 16.5. The van der Waals surface area contributed by atoms with E-state index in [4.69, 9.17) is 36.6 Å². The summed E-state index contributed by atoms with van der Waals surface area (Å²) in [5, 5.41) is 0. The molecule has 4 amide bonds. The van der Waals surface area contributed by atoms with Crippen molar-refractivity contribution in [3.8, 4) is 45.8 Å². The van der Waals surface area contributed by atoms with Crippen molar-refractivity contribution >= 4 is 46.4 Å². The number of fused-ring (bicyclic) bond motifs is 4. The fraction of sp³-hybridized carbons (Fsp3) is 0.281. The minimum Gasteiger partial charge on any atom is -0.441 e. The molecule has 16 rings (SSSR count). The smallest absolute Gasteiger partial charge is 0.253 e. The maximum Gasteiger partial charge on any atom is 0.253 e. The molecule has 4 aromatic heterocycles. The largest absolute Gasteiger partial charge is 0.441 e. The second kappa shape index (κ2) is 35.4. The van der Waals surface area contributed by atoms with Crippen molar-refractivity contribution in [3.63, 3.8) is 0 Å². The number of aromatic nitrogens is 4. The average Bonchev–Trinajstić information content (AvgIpc) is 1.68. The summed E-state index contributed by atoms with van der Waals surface area (Å²) >= 11 is 0. The zero-order chi connectivity index (χ0) is 75.9. The molecule has 0 unspecified atom stereocenters. The summed E-state index contributed by atoms with van der Waals surface area (Å²) in [5.74, 6) is 5.05. The lowest BCUT2D eigenvalue weighted by molar-refractivity contribution is -0.124. The van der Waals surface area contributed by atoms with Crippen molar-refractivity contribution in [2.45, 2.75) is 114 Å². The first-order valence-electron chi connectivity index (χ1n) is 37.0. The molecule has 558 valence electrons. The molecule has 8 aromatic carbocycles. The number of para-hydroxylation sites is 4. The number of carbonyl (C=O) groups is 4. The van der Waals surface area contributed by atoms with Gasteiger partial charge in [0.15, 0.2) is 0 Å². The monoisotopic (exact) mass is 1460 g/mol. The van der Waals surface area contributed by atoms with E-state index in [1.54, 1.807) is 19.6 Å². The van der Waals surface area contributed by atoms with Crippen LogP contribution in [0, 0.1) is 48.5 Å². The van der Waals surface area contributed by atoms with E-state index in [0.29, 0.717) is 72.8 Å². The number of hydrogen-bond donors (Lipinski definition) is 0. The first kappa shape index (κ1) is 75.6. The van der Waals surface area contributed by atoms with Gasteiger partial charge in [-0.2, -0.15) is 0 Å². The normalized spacial score (nSPS) is 13.0. The maximum absolute atomic E-state index is 12.5. The Morgan fingerprint density at radius 3 is 0.761 bits per heavy atom. The van der Waals surface area contributed by atoms with Gasteiger partial charge in [-0.3, -0.25) is 19.2 Å². The fourth-order valence-corrected chi connectivity index (χ4v) is 13.4. The van der Waals surface area contributed by atoms with Crippen LogP contribution in [0.3, 0.4) is 0 Å². The Hall–Kier alpha value is -11.7. The summed E-state index contributed by atoms with van der Waals surface area (Å²) < 4.78 is 45.7. The molecule has 0 bridgehead atoms. The fourth-order valence-electron chi connectivity index (χ4n) is 13.4. The van der Waals surface area contributed by atoms with Gasteiger partial charge in [-0.15, -0.1) is 0 Å². The number of amides is 4. The lowest BCUT2D eigenvalue weighted by Crippen LogP contribution is -2.32. The van der Waals surface area contributed by atoms with Crippen molar-refractivity contribution in [2.75, 3.05) is 72.2 Å². The topological polar surface area (TPSA) is 222 Å². The van der Waals surface area contributed by atoms with Crippen LogP contribution in [0.2, 0.25) is 0 Å². The molecular formula is C89H90N8O12. The first-order chi connectivity index (χ1) is 53.0. The number of carbonyl (C=O) groups excluding carboxylic acids is 4. The highest BCUT2D eigenvalue weighted by molar-refractivity contribution is 5.98. The predicted molar refractivity (Wildman–Crippen MR) is 419 cm³/mol. The molecular weight excluding hydrogens is 1370 g/mol. The van der Waals surface area contributed by atoms with E-state index in [1.807, 2.05) is 206 Å². The van der Waals surface area contributed by atoms with E-state index in [2.05, 4.69) is 63.3 Å². The standard InChI is InChI=1S/C23H24N2O3.3C22H22N2O3/c1-3-17-8-10-19(11-9-17)23-24-20(16(2)28-23)14-27-15-22(26)25-13-12-18-6-4-5-7-21(18)25;3*1-15-7-9-18(10-8-15)22-23-19(16(2)27-22)13-26-14-21(25)24-12-11-17-5-3-4-6-20(17)24/h4-11H,3,12-15H2,1-2H3;3*3-10H,11-14H2,1-2H3. The Morgan fingerprint density at radius 1 is 0.312 bits per heavy atom. The third-order valence-corrected chi connectivity index (χ3v) is 19.7. The lowest BCUT2D eigenvalue weighted by Gasteiger charge is -2.17. The third kappa shape index (κ3) is 18.7. The van der Waals surface area contributed by atoms with Crippen LogP contribution in [-0.2, 0) is 96.7 Å². The summed E-state index contributed by atoms with van der Waals surface area (Å²) in [6, 6.07) is 64.3. The van der Waals surface area contributed by atoms with Crippen LogP contribution in [0.15, 0.2) is 212 Å². The zero-order valence-corrected chi connectivity index (χ0v) is 63.0. The van der Waals surface area contributed by atoms with Crippen LogP contribution in [0.4, 0.5) is 22.7 Å². The lowest BCUT2D eigenvalue weighted by atomic mass is 10.1. The van der Waals surface area contributed by atoms with Crippen molar-refractivity contribution in [1.82, 2.24) is 19.9 Å². The van der Waals surface area contributed by atoms with Crippen molar-refractivity contribution < 1.29 is 55.8 Å². The second-order valence-corrected chi connectivity index (χ2v) is 27.4. The molecule has 20 nitrogen and oxygen atoms in total. The van der Waals surface area contributed by atoms with Gasteiger partial charge >= 0.3 is 0 Å². The number of rotatable bonds is 21. The number of ether oxygens (including phenoxy) is 4. The molecule has 20 heteroatoms. The summed E-state index contributed by atoms with van der Waals surface area (Å²) in [7, 11) is 0. The number of anilines is 4. The summed E-state index contributed by atoms with van der Waals surface area (Å²) in [5.41, 5.74) is 20.3. The molecule has 0 fully saturated rings. The Bertz CT molecular complexity index is 4750. The highest BCUT2D eigenvalue weighted by Crippen LogP contribution is 2.33. The Morgan fingerprint density at radius 2 is 0.532 bits per heavy atom. The average molecular weight is 1460 g/mol. The van der Waals surface area contributed by atoms with Gasteiger partial charge in [0.25, 0.3) is 23.6 Å². The van der Waals surface area contributed by atoms with E-state index >= 15 is 0 Å². The SMILES string of the molecule is CCc1ccc(-c2nc(COCC(=O)N3CCc4ccccc43)c(C)o2)cc1.Cc1ccc(-c2nc(COCC(=O)N3CCc4ccccc43)c(C)o2)cc1.Cc1ccc(-c2nc(COCC(=O)N3CCc4ccccc43)c(C)o2)cc1.Cc1ccc(-c2nc(COCC(=O)N3CCc4ccccc43)c(C)o2)cc1. The van der Waals surface area contributed by atoms with Crippen LogP contribution in [0.5, 0.6) is 0 Å². The first-order valence-corrected chi connectivity index (χ1v) is 37.0. The van der Waals surface area contributed by atoms with E-state index < -0.39 is 0 Å². The molecule has 4 aliphatic heterocycles. The van der Waals surface area contributed by atoms with Crippen molar-refractivity contribution in [2.24, 2.45) is 0 Å². The summed E-state index contributed by atoms with van der Waals surface area (Å²) in [6.45, 7) is 19.7. The number of hydrogen-bond acceptors (Lipinski definition) is 16. The Kier molecular flexibility index (Phi) is 24.5. The molecule has 0 saturated heterocycles. The van der Waals surface area contributed by atoms with Crippen molar-refractivity contribution in [3.05, 3.63) is 284 Å². The minimum absolute atomic E-state index is 0.0264. The number of nitrogens with zero attached hydrogens (tertiary/aromatic N) is 8. The van der Waals surface area contributed by atoms with Crippen LogP contribution >= 0.6 is 0 Å². The van der Waals surface area contributed by atoms with E-state index in [1.165, 1.54) is 44.5 Å². The molecule has 109 heavy (non-hydrogen) atoms. The zero-order valence-electron chi connectivity index (χ0n) is 63.0. The van der Waals surface area contributed by atoms with Gasteiger partial charge in [0.1, 0.15) is 72.2 Å². The minimum atomic E-state index is -0.0279. The number of benzene rings is 8. The highest BCUT2D eigenvalue weighted by Gasteiger charge is 2.29. The summed E-state index contributed by atoms with van der Waals surface area (Å²) in [4.78, 5) is 75.3. The third-order valence-electron chi connectivity index (χ3n) is 19.7. The van der Waals surface area contributed by atoms with Crippen LogP contribution in [0.25, 0.3) is 45.8 Å². The van der Waals surface area contributed by atoms with Crippen LogP contribution in [0.1, 0.15) is 97.2 Å². The van der Waals surface area contributed by atoms with Crippen LogP contribution in [-0.4, -0.2) is 96.2 Å². The number of aryl methyl sites for hydroxylation is 8. The molecule has 12 aromatic rings. The number of oxazole rings is 4. The Balaban J connectivity index is 0.000000128.